The molecule has 4 N–H and O–H groups in total. The zero-order chi connectivity index (χ0) is 7.19. The maximum absolute atomic E-state index is 10.7. The summed E-state index contributed by atoms with van der Waals surface area (Å²) in [5, 5.41) is 2.09. The summed E-state index contributed by atoms with van der Waals surface area (Å²) < 4.78 is 0. The summed E-state index contributed by atoms with van der Waals surface area (Å²) in [7, 11) is 0. The van der Waals surface area contributed by atoms with Crippen LogP contribution >= 0.6 is 0 Å². The Morgan fingerprint density at radius 2 is 2.30 bits per heavy atom. The number of hydrogen-bond acceptors (Lipinski definition) is 1. The first kappa shape index (κ1) is 6.16. The van der Waals surface area contributed by atoms with Gasteiger partial charge in [-0.15, -0.1) is 0 Å². The fourth-order valence-corrected chi connectivity index (χ4v) is 1.83. The Morgan fingerprint density at radius 3 is 2.60 bits per heavy atom. The number of carbonyl (C=O) groups excluding carboxylic acids is 1. The molecule has 0 bridgehead atoms. The van der Waals surface area contributed by atoms with E-state index in [1.165, 1.54) is 12.8 Å². The quantitative estimate of drug-likeness (QED) is 0.463. The SMILES string of the molecule is NC(=O)C1CC2(CC2)C[NH2+]1. The van der Waals surface area contributed by atoms with Crippen LogP contribution in [0.4, 0.5) is 0 Å². The minimum atomic E-state index is -0.135. The van der Waals surface area contributed by atoms with Crippen LogP contribution in [0.5, 0.6) is 0 Å². The van der Waals surface area contributed by atoms with E-state index in [4.69, 9.17) is 5.73 Å². The molecule has 0 aromatic carbocycles. The average Bonchev–Trinajstić information content (AvgIpc) is 2.41. The van der Waals surface area contributed by atoms with E-state index in [0.717, 1.165) is 13.0 Å². The number of carbonyl (C=O) groups is 1. The van der Waals surface area contributed by atoms with Crippen LogP contribution in [0.1, 0.15) is 19.3 Å². The highest BCUT2D eigenvalue weighted by atomic mass is 16.1. The van der Waals surface area contributed by atoms with Gasteiger partial charge < -0.3 is 11.1 Å². The molecule has 1 saturated carbocycles. The molecule has 0 aromatic heterocycles. The Bertz CT molecular complexity index is 174. The Hall–Kier alpha value is -0.570. The Kier molecular flexibility index (Phi) is 1.06. The molecule has 1 unspecified atom stereocenters. The number of rotatable bonds is 1. The molecule has 1 aliphatic carbocycles. The molecule has 2 rings (SSSR count). The molecule has 1 spiro atoms. The Labute approximate surface area is 60.0 Å². The topological polar surface area (TPSA) is 59.7 Å². The fourth-order valence-electron chi connectivity index (χ4n) is 1.83. The molecule has 0 aromatic rings. The first-order valence-electron chi connectivity index (χ1n) is 3.85. The van der Waals surface area contributed by atoms with E-state index in [-0.39, 0.29) is 11.9 Å². The van der Waals surface area contributed by atoms with Crippen LogP contribution in [0.15, 0.2) is 0 Å². The number of quaternary nitrogens is 1. The highest BCUT2D eigenvalue weighted by Gasteiger charge is 2.52. The third-order valence-corrected chi connectivity index (χ3v) is 2.81. The fraction of sp³-hybridized carbons (Fsp3) is 0.857. The van der Waals surface area contributed by atoms with Crippen LogP contribution < -0.4 is 11.1 Å². The van der Waals surface area contributed by atoms with E-state index >= 15 is 0 Å². The van der Waals surface area contributed by atoms with Gasteiger partial charge in [0.05, 0.1) is 6.54 Å². The van der Waals surface area contributed by atoms with Gasteiger partial charge in [0.1, 0.15) is 0 Å². The monoisotopic (exact) mass is 141 g/mol. The molecule has 2 aliphatic rings. The first-order valence-corrected chi connectivity index (χ1v) is 3.85. The molecule has 1 atom stereocenters. The predicted molar refractivity (Wildman–Crippen MR) is 36.1 cm³/mol. The lowest BCUT2D eigenvalue weighted by atomic mass is 10.0. The van der Waals surface area contributed by atoms with Gasteiger partial charge in [0.2, 0.25) is 0 Å². The smallest absolute Gasteiger partial charge is 0.275 e. The molecule has 1 saturated heterocycles. The molecular weight excluding hydrogens is 128 g/mol. The standard InChI is InChI=1S/C7H12N2O/c8-6(10)5-3-7(1-2-7)4-9-5/h5,9H,1-4H2,(H2,8,10)/p+1. The van der Waals surface area contributed by atoms with Crippen LogP contribution in [0.2, 0.25) is 0 Å². The second-order valence-electron chi connectivity index (χ2n) is 3.65. The van der Waals surface area contributed by atoms with Gasteiger partial charge in [0.15, 0.2) is 6.04 Å². The first-order chi connectivity index (χ1) is 4.72. The van der Waals surface area contributed by atoms with Crippen molar-refractivity contribution in [3.63, 3.8) is 0 Å². The predicted octanol–water partition coefficient (Wildman–Crippen LogP) is -1.41. The van der Waals surface area contributed by atoms with Crippen molar-refractivity contribution < 1.29 is 10.1 Å². The molecule has 3 nitrogen and oxygen atoms in total. The van der Waals surface area contributed by atoms with Gasteiger partial charge in [-0.05, 0) is 12.8 Å². The zero-order valence-electron chi connectivity index (χ0n) is 5.97. The van der Waals surface area contributed by atoms with Crippen LogP contribution in [0.25, 0.3) is 0 Å². The summed E-state index contributed by atoms with van der Waals surface area (Å²) >= 11 is 0. The van der Waals surface area contributed by atoms with Gasteiger partial charge in [-0.2, -0.15) is 0 Å². The van der Waals surface area contributed by atoms with Gasteiger partial charge >= 0.3 is 0 Å². The Balaban J connectivity index is 1.99. The molecule has 1 amide bonds. The molecule has 1 heterocycles. The van der Waals surface area contributed by atoms with Gasteiger partial charge in [-0.25, -0.2) is 0 Å². The molecule has 0 radical (unpaired) electrons. The second kappa shape index (κ2) is 1.72. The highest BCUT2D eigenvalue weighted by Crippen LogP contribution is 2.49. The molecule has 10 heavy (non-hydrogen) atoms. The summed E-state index contributed by atoms with van der Waals surface area (Å²) in [4.78, 5) is 10.7. The van der Waals surface area contributed by atoms with Crippen LogP contribution in [0, 0.1) is 5.41 Å². The van der Waals surface area contributed by atoms with Crippen molar-refractivity contribution in [3.8, 4) is 0 Å². The lowest BCUT2D eigenvalue weighted by molar-refractivity contribution is -0.660. The Morgan fingerprint density at radius 1 is 1.60 bits per heavy atom. The lowest BCUT2D eigenvalue weighted by Crippen LogP contribution is -2.89. The van der Waals surface area contributed by atoms with E-state index in [0.29, 0.717) is 5.41 Å². The van der Waals surface area contributed by atoms with Gasteiger partial charge in [-0.3, -0.25) is 4.79 Å². The minimum Gasteiger partial charge on any atom is -0.365 e. The summed E-state index contributed by atoms with van der Waals surface area (Å²) in [6.45, 7) is 1.13. The van der Waals surface area contributed by atoms with Crippen molar-refractivity contribution in [2.75, 3.05) is 6.54 Å². The normalized spacial score (nSPS) is 34.6. The molecule has 2 fully saturated rings. The molecule has 3 heteroatoms. The van der Waals surface area contributed by atoms with Crippen LogP contribution in [0.3, 0.4) is 0 Å². The molecule has 1 aliphatic heterocycles. The van der Waals surface area contributed by atoms with Crippen molar-refractivity contribution in [1.82, 2.24) is 0 Å². The maximum atomic E-state index is 10.7. The van der Waals surface area contributed by atoms with Gasteiger partial charge in [-0.1, -0.05) is 0 Å². The molecule has 56 valence electrons. The second-order valence-corrected chi connectivity index (χ2v) is 3.65. The van der Waals surface area contributed by atoms with Crippen molar-refractivity contribution in [2.24, 2.45) is 11.1 Å². The van der Waals surface area contributed by atoms with E-state index in [9.17, 15) is 4.79 Å². The van der Waals surface area contributed by atoms with E-state index in [1.54, 1.807) is 0 Å². The van der Waals surface area contributed by atoms with Gasteiger partial charge in [0, 0.05) is 11.8 Å². The maximum Gasteiger partial charge on any atom is 0.275 e. The van der Waals surface area contributed by atoms with Crippen LogP contribution in [-0.2, 0) is 4.79 Å². The van der Waals surface area contributed by atoms with Crippen molar-refractivity contribution in [3.05, 3.63) is 0 Å². The van der Waals surface area contributed by atoms with Crippen molar-refractivity contribution in [2.45, 2.75) is 25.3 Å². The average molecular weight is 141 g/mol. The van der Waals surface area contributed by atoms with E-state index in [1.807, 2.05) is 0 Å². The summed E-state index contributed by atoms with van der Waals surface area (Å²) in [6.07, 6.45) is 3.66. The molecular formula is C7H13N2O+. The number of primary amides is 1. The number of nitrogens with two attached hydrogens (primary N) is 2. The highest BCUT2D eigenvalue weighted by molar-refractivity contribution is 5.78. The third-order valence-electron chi connectivity index (χ3n) is 2.81. The van der Waals surface area contributed by atoms with Gasteiger partial charge in [0.25, 0.3) is 5.91 Å². The third kappa shape index (κ3) is 0.814. The lowest BCUT2D eigenvalue weighted by Gasteiger charge is -1.98. The summed E-state index contributed by atoms with van der Waals surface area (Å²) in [5.74, 6) is -0.135. The van der Waals surface area contributed by atoms with Crippen LogP contribution in [-0.4, -0.2) is 18.5 Å². The minimum absolute atomic E-state index is 0.0856. The van der Waals surface area contributed by atoms with E-state index in [2.05, 4.69) is 5.32 Å². The number of amides is 1. The van der Waals surface area contributed by atoms with E-state index < -0.39 is 0 Å². The summed E-state index contributed by atoms with van der Waals surface area (Å²) in [5.41, 5.74) is 5.72. The van der Waals surface area contributed by atoms with Crippen molar-refractivity contribution in [1.29, 1.82) is 0 Å². The van der Waals surface area contributed by atoms with Crippen molar-refractivity contribution >= 4 is 5.91 Å². The summed E-state index contributed by atoms with van der Waals surface area (Å²) in [6, 6.07) is 0.0856. The zero-order valence-corrected chi connectivity index (χ0v) is 5.97. The largest absolute Gasteiger partial charge is 0.365 e. The number of hydrogen-bond donors (Lipinski definition) is 2.